The average Bonchev–Trinajstić information content (AvgIpc) is 2.55. The zero-order chi connectivity index (χ0) is 14.5. The van der Waals surface area contributed by atoms with Crippen LogP contribution in [0.4, 0.5) is 0 Å². The van der Waals surface area contributed by atoms with E-state index in [1.165, 1.54) is 16.7 Å². The molecule has 1 amide bonds. The summed E-state index contributed by atoms with van der Waals surface area (Å²) < 4.78 is 0. The van der Waals surface area contributed by atoms with E-state index in [4.69, 9.17) is 0 Å². The molecule has 1 heterocycles. The number of hydrogen-bond acceptors (Lipinski definition) is 2. The van der Waals surface area contributed by atoms with E-state index in [1.807, 2.05) is 30.3 Å². The molecule has 0 spiro atoms. The van der Waals surface area contributed by atoms with E-state index in [9.17, 15) is 4.79 Å². The third-order valence-electron chi connectivity index (χ3n) is 3.93. The van der Waals surface area contributed by atoms with E-state index >= 15 is 0 Å². The molecule has 0 fully saturated rings. The Morgan fingerprint density at radius 2 is 1.95 bits per heavy atom. The van der Waals surface area contributed by atoms with Crippen molar-refractivity contribution in [3.63, 3.8) is 0 Å². The van der Waals surface area contributed by atoms with Crippen molar-refractivity contribution < 1.29 is 4.79 Å². The molecule has 21 heavy (non-hydrogen) atoms. The first-order valence-electron chi connectivity index (χ1n) is 7.48. The molecule has 108 valence electrons. The molecule has 3 rings (SSSR count). The van der Waals surface area contributed by atoms with Gasteiger partial charge in [-0.3, -0.25) is 4.79 Å². The Bertz CT molecular complexity index is 622. The van der Waals surface area contributed by atoms with Crippen molar-refractivity contribution in [3.8, 4) is 0 Å². The minimum absolute atomic E-state index is 0.0460. The van der Waals surface area contributed by atoms with Crippen molar-refractivity contribution in [1.82, 2.24) is 10.6 Å². The summed E-state index contributed by atoms with van der Waals surface area (Å²) in [6.07, 6.45) is 1.79. The molecule has 2 aromatic rings. The first-order chi connectivity index (χ1) is 10.3. The Hall–Kier alpha value is -2.13. The minimum atomic E-state index is 0.0460. The summed E-state index contributed by atoms with van der Waals surface area (Å²) in [7, 11) is 0. The van der Waals surface area contributed by atoms with Crippen molar-refractivity contribution in [2.24, 2.45) is 0 Å². The SMILES string of the molecule is O=C(NCCc1ccccc1)c1cccc2c1CCNC2. The molecular formula is C18H20N2O. The highest BCUT2D eigenvalue weighted by molar-refractivity contribution is 5.96. The summed E-state index contributed by atoms with van der Waals surface area (Å²) >= 11 is 0. The number of carbonyl (C=O) groups excluding carboxylic acids is 1. The fraction of sp³-hybridized carbons (Fsp3) is 0.278. The first kappa shape index (κ1) is 13.8. The van der Waals surface area contributed by atoms with Crippen molar-refractivity contribution in [3.05, 3.63) is 70.8 Å². The maximum atomic E-state index is 12.4. The van der Waals surface area contributed by atoms with Gasteiger partial charge < -0.3 is 10.6 Å². The van der Waals surface area contributed by atoms with Crippen molar-refractivity contribution in [1.29, 1.82) is 0 Å². The van der Waals surface area contributed by atoms with Crippen LogP contribution in [0.25, 0.3) is 0 Å². The summed E-state index contributed by atoms with van der Waals surface area (Å²) in [5, 5.41) is 6.38. The third-order valence-corrected chi connectivity index (χ3v) is 3.93. The third kappa shape index (κ3) is 3.31. The predicted octanol–water partition coefficient (Wildman–Crippen LogP) is 2.30. The zero-order valence-corrected chi connectivity index (χ0v) is 12.1. The van der Waals surface area contributed by atoms with Crippen molar-refractivity contribution >= 4 is 5.91 Å². The number of amides is 1. The second kappa shape index (κ2) is 6.55. The van der Waals surface area contributed by atoms with Crippen LogP contribution in [0.1, 0.15) is 27.0 Å². The highest BCUT2D eigenvalue weighted by Crippen LogP contribution is 2.18. The molecule has 2 N–H and O–H groups in total. The van der Waals surface area contributed by atoms with Crippen LogP contribution in [0.15, 0.2) is 48.5 Å². The largest absolute Gasteiger partial charge is 0.352 e. The molecule has 0 radical (unpaired) electrons. The lowest BCUT2D eigenvalue weighted by Crippen LogP contribution is -2.30. The topological polar surface area (TPSA) is 41.1 Å². The average molecular weight is 280 g/mol. The van der Waals surface area contributed by atoms with Gasteiger partial charge in [0.15, 0.2) is 0 Å². The van der Waals surface area contributed by atoms with Crippen LogP contribution in [0.3, 0.4) is 0 Å². The molecule has 2 aromatic carbocycles. The van der Waals surface area contributed by atoms with Crippen molar-refractivity contribution in [2.45, 2.75) is 19.4 Å². The van der Waals surface area contributed by atoms with E-state index < -0.39 is 0 Å². The van der Waals surface area contributed by atoms with Gasteiger partial charge >= 0.3 is 0 Å². The van der Waals surface area contributed by atoms with Gasteiger partial charge in [0.1, 0.15) is 0 Å². The smallest absolute Gasteiger partial charge is 0.251 e. The molecule has 0 bridgehead atoms. The maximum Gasteiger partial charge on any atom is 0.251 e. The number of hydrogen-bond donors (Lipinski definition) is 2. The minimum Gasteiger partial charge on any atom is -0.352 e. The lowest BCUT2D eigenvalue weighted by molar-refractivity contribution is 0.0953. The van der Waals surface area contributed by atoms with E-state index in [0.29, 0.717) is 6.54 Å². The second-order valence-corrected chi connectivity index (χ2v) is 5.36. The number of carbonyl (C=O) groups is 1. The highest BCUT2D eigenvalue weighted by atomic mass is 16.1. The Morgan fingerprint density at radius 3 is 2.81 bits per heavy atom. The Kier molecular flexibility index (Phi) is 4.31. The Labute approximate surface area is 125 Å². The Morgan fingerprint density at radius 1 is 1.10 bits per heavy atom. The van der Waals surface area contributed by atoms with Crippen LogP contribution in [-0.4, -0.2) is 19.0 Å². The maximum absolute atomic E-state index is 12.4. The Balaban J connectivity index is 1.63. The zero-order valence-electron chi connectivity index (χ0n) is 12.1. The summed E-state index contributed by atoms with van der Waals surface area (Å²) in [6, 6.07) is 16.2. The number of benzene rings is 2. The molecule has 1 aliphatic heterocycles. The molecule has 0 saturated carbocycles. The molecule has 3 nitrogen and oxygen atoms in total. The summed E-state index contributed by atoms with van der Waals surface area (Å²) in [5.41, 5.74) is 4.53. The van der Waals surface area contributed by atoms with Crippen LogP contribution in [0.5, 0.6) is 0 Å². The van der Waals surface area contributed by atoms with Crippen LogP contribution in [0, 0.1) is 0 Å². The van der Waals surface area contributed by atoms with Gasteiger partial charge in [0, 0.05) is 18.7 Å². The summed E-state index contributed by atoms with van der Waals surface area (Å²) in [4.78, 5) is 12.4. The van der Waals surface area contributed by atoms with Gasteiger partial charge in [-0.1, -0.05) is 42.5 Å². The van der Waals surface area contributed by atoms with Crippen LogP contribution in [-0.2, 0) is 19.4 Å². The van der Waals surface area contributed by atoms with E-state index in [-0.39, 0.29) is 5.91 Å². The van der Waals surface area contributed by atoms with Crippen LogP contribution in [0.2, 0.25) is 0 Å². The van der Waals surface area contributed by atoms with Gasteiger partial charge in [-0.25, -0.2) is 0 Å². The van der Waals surface area contributed by atoms with Gasteiger partial charge in [-0.15, -0.1) is 0 Å². The predicted molar refractivity (Wildman–Crippen MR) is 84.3 cm³/mol. The molecule has 0 saturated heterocycles. The first-order valence-corrected chi connectivity index (χ1v) is 7.48. The molecule has 0 atom stereocenters. The monoisotopic (exact) mass is 280 g/mol. The summed E-state index contributed by atoms with van der Waals surface area (Å²) in [5.74, 6) is 0.0460. The van der Waals surface area contributed by atoms with E-state index in [2.05, 4.69) is 28.8 Å². The molecule has 0 unspecified atom stereocenters. The molecular weight excluding hydrogens is 260 g/mol. The number of rotatable bonds is 4. The quantitative estimate of drug-likeness (QED) is 0.902. The molecule has 3 heteroatoms. The lowest BCUT2D eigenvalue weighted by Gasteiger charge is -2.20. The molecule has 0 aromatic heterocycles. The fourth-order valence-electron chi connectivity index (χ4n) is 2.80. The van der Waals surface area contributed by atoms with Gasteiger partial charge in [-0.05, 0) is 42.1 Å². The van der Waals surface area contributed by atoms with Gasteiger partial charge in [0.05, 0.1) is 0 Å². The van der Waals surface area contributed by atoms with Gasteiger partial charge in [0.2, 0.25) is 0 Å². The summed E-state index contributed by atoms with van der Waals surface area (Å²) in [6.45, 7) is 2.48. The number of fused-ring (bicyclic) bond motifs is 1. The standard InChI is InChI=1S/C18H20N2O/c21-18(20-12-9-14-5-2-1-3-6-14)17-8-4-7-15-13-19-11-10-16(15)17/h1-8,19H,9-13H2,(H,20,21). The highest BCUT2D eigenvalue weighted by Gasteiger charge is 2.16. The van der Waals surface area contributed by atoms with Gasteiger partial charge in [-0.2, -0.15) is 0 Å². The number of nitrogens with one attached hydrogen (secondary N) is 2. The second-order valence-electron chi connectivity index (χ2n) is 5.36. The fourth-order valence-corrected chi connectivity index (χ4v) is 2.80. The molecule has 0 aliphatic carbocycles. The van der Waals surface area contributed by atoms with E-state index in [1.54, 1.807) is 0 Å². The van der Waals surface area contributed by atoms with E-state index in [0.717, 1.165) is 31.5 Å². The molecule has 1 aliphatic rings. The van der Waals surface area contributed by atoms with Gasteiger partial charge in [0.25, 0.3) is 5.91 Å². The van der Waals surface area contributed by atoms with Crippen molar-refractivity contribution in [2.75, 3.05) is 13.1 Å². The van der Waals surface area contributed by atoms with Crippen LogP contribution < -0.4 is 10.6 Å². The lowest BCUT2D eigenvalue weighted by atomic mass is 9.95. The van der Waals surface area contributed by atoms with Crippen LogP contribution >= 0.6 is 0 Å². The normalized spacial score (nSPS) is 13.5.